The number of rotatable bonds is 7. The van der Waals surface area contributed by atoms with Crippen molar-refractivity contribution in [3.05, 3.63) is 117 Å². The first kappa shape index (κ1) is 27.5. The van der Waals surface area contributed by atoms with Crippen molar-refractivity contribution in [1.82, 2.24) is 4.57 Å². The van der Waals surface area contributed by atoms with E-state index in [9.17, 15) is 37.8 Å². The van der Waals surface area contributed by atoms with Crippen molar-refractivity contribution >= 4 is 29.2 Å². The monoisotopic (exact) mass is 556 g/mol. The van der Waals surface area contributed by atoms with Crippen molar-refractivity contribution in [2.24, 2.45) is 0 Å². The largest absolute Gasteiger partial charge is 0.508 e. The molecule has 200 valence electrons. The third-order valence-corrected chi connectivity index (χ3v) is 6.18. The van der Waals surface area contributed by atoms with Crippen LogP contribution < -0.4 is 10.9 Å². The molecule has 4 rings (SSSR count). The van der Waals surface area contributed by atoms with Gasteiger partial charge in [-0.25, -0.2) is 4.79 Å². The first-order valence-corrected chi connectivity index (χ1v) is 11.8. The van der Waals surface area contributed by atoms with Gasteiger partial charge in [-0.3, -0.25) is 14.2 Å². The molecule has 4 aromatic rings. The van der Waals surface area contributed by atoms with Gasteiger partial charge in [-0.15, -0.1) is 0 Å². The van der Waals surface area contributed by atoms with E-state index >= 15 is 0 Å². The molecule has 0 bridgehead atoms. The number of amides is 1. The van der Waals surface area contributed by atoms with E-state index in [-0.39, 0.29) is 23.4 Å². The summed E-state index contributed by atoms with van der Waals surface area (Å²) in [5.41, 5.74) is -0.764. The van der Waals surface area contributed by atoms with Gasteiger partial charge in [0.15, 0.2) is 0 Å². The van der Waals surface area contributed by atoms with Gasteiger partial charge in [0.2, 0.25) is 0 Å². The summed E-state index contributed by atoms with van der Waals surface area (Å²) in [7, 11) is 0. The zero-order chi connectivity index (χ0) is 28.3. The van der Waals surface area contributed by atoms with Crippen LogP contribution in [0.4, 0.5) is 18.9 Å². The standard InChI is InChI=1S/C28H20ClF3N2O5/c29-21-9-1-16(2-10-21)13-24(27(38)39)34-15-19(17-5-11-22(35)12-6-17)14-23(26(34)37)33-25(36)18-3-7-20(8-4-18)28(30,31)32/h1-12,14-15,24,35H,13H2,(H,33,36)(H,38,39). The summed E-state index contributed by atoms with van der Waals surface area (Å²) >= 11 is 5.92. The molecule has 39 heavy (non-hydrogen) atoms. The highest BCUT2D eigenvalue weighted by Crippen LogP contribution is 2.29. The second-order valence-electron chi connectivity index (χ2n) is 8.62. The van der Waals surface area contributed by atoms with Crippen molar-refractivity contribution < 1.29 is 33.0 Å². The zero-order valence-corrected chi connectivity index (χ0v) is 20.7. The van der Waals surface area contributed by atoms with Crippen LogP contribution in [0.25, 0.3) is 11.1 Å². The van der Waals surface area contributed by atoms with Crippen molar-refractivity contribution in [3.63, 3.8) is 0 Å². The molecule has 7 nitrogen and oxygen atoms in total. The smallest absolute Gasteiger partial charge is 0.416 e. The number of halogens is 4. The molecule has 0 spiro atoms. The number of phenolic OH excluding ortho intramolecular Hbond substituents is 1. The summed E-state index contributed by atoms with van der Waals surface area (Å²) in [5.74, 6) is -2.19. The molecular weight excluding hydrogens is 537 g/mol. The van der Waals surface area contributed by atoms with Crippen LogP contribution in [0, 0.1) is 0 Å². The Balaban J connectivity index is 1.77. The number of hydrogen-bond acceptors (Lipinski definition) is 4. The van der Waals surface area contributed by atoms with E-state index < -0.39 is 35.2 Å². The highest BCUT2D eigenvalue weighted by atomic mass is 35.5. The van der Waals surface area contributed by atoms with Crippen molar-refractivity contribution in [3.8, 4) is 16.9 Å². The number of carbonyl (C=O) groups excluding carboxylic acids is 1. The van der Waals surface area contributed by atoms with Crippen LogP contribution in [0.2, 0.25) is 5.02 Å². The molecule has 3 N–H and O–H groups in total. The average molecular weight is 557 g/mol. The maximum absolute atomic E-state index is 13.4. The zero-order valence-electron chi connectivity index (χ0n) is 19.9. The first-order valence-electron chi connectivity index (χ1n) is 11.4. The number of nitrogens with zero attached hydrogens (tertiary/aromatic N) is 1. The highest BCUT2D eigenvalue weighted by Gasteiger charge is 2.30. The van der Waals surface area contributed by atoms with Crippen molar-refractivity contribution in [2.45, 2.75) is 18.6 Å². The summed E-state index contributed by atoms with van der Waals surface area (Å²) in [4.78, 5) is 38.6. The summed E-state index contributed by atoms with van der Waals surface area (Å²) in [5, 5.41) is 22.5. The molecule has 0 aliphatic carbocycles. The molecule has 0 radical (unpaired) electrons. The van der Waals surface area contributed by atoms with Gasteiger partial charge in [-0.1, -0.05) is 35.9 Å². The van der Waals surface area contributed by atoms with Crippen LogP contribution in [0.5, 0.6) is 5.75 Å². The Hall–Kier alpha value is -4.57. The second-order valence-corrected chi connectivity index (χ2v) is 9.05. The van der Waals surface area contributed by atoms with E-state index in [1.54, 1.807) is 24.3 Å². The Labute approximate surface area is 224 Å². The third kappa shape index (κ3) is 6.47. The van der Waals surface area contributed by atoms with Crippen LogP contribution in [0.3, 0.4) is 0 Å². The SMILES string of the molecule is O=C(Nc1cc(-c2ccc(O)cc2)cn(C(Cc2ccc(Cl)cc2)C(=O)O)c1=O)c1ccc(C(F)(F)F)cc1. The molecule has 0 aliphatic heterocycles. The quantitative estimate of drug-likeness (QED) is 0.258. The normalized spacial score (nSPS) is 12.1. The number of nitrogens with one attached hydrogen (secondary N) is 1. The minimum Gasteiger partial charge on any atom is -0.508 e. The number of carboxylic acids is 1. The number of anilines is 1. The number of aromatic nitrogens is 1. The summed E-state index contributed by atoms with van der Waals surface area (Å²) in [6.45, 7) is 0. The lowest BCUT2D eigenvalue weighted by molar-refractivity contribution is -0.141. The fourth-order valence-electron chi connectivity index (χ4n) is 3.89. The molecule has 0 saturated carbocycles. The van der Waals surface area contributed by atoms with Crippen LogP contribution in [-0.2, 0) is 17.4 Å². The Morgan fingerprint density at radius 2 is 1.54 bits per heavy atom. The lowest BCUT2D eigenvalue weighted by atomic mass is 10.0. The molecule has 1 heterocycles. The van der Waals surface area contributed by atoms with Gasteiger partial charge >= 0.3 is 12.1 Å². The van der Waals surface area contributed by atoms with E-state index in [2.05, 4.69) is 5.32 Å². The molecule has 3 aromatic carbocycles. The van der Waals surface area contributed by atoms with Crippen LogP contribution in [0.1, 0.15) is 27.5 Å². The lowest BCUT2D eigenvalue weighted by Crippen LogP contribution is -2.33. The topological polar surface area (TPSA) is 109 Å². The van der Waals surface area contributed by atoms with Crippen molar-refractivity contribution in [1.29, 1.82) is 0 Å². The average Bonchev–Trinajstić information content (AvgIpc) is 2.89. The van der Waals surface area contributed by atoms with E-state index in [0.29, 0.717) is 21.7 Å². The molecule has 1 unspecified atom stereocenters. The Morgan fingerprint density at radius 3 is 2.10 bits per heavy atom. The van der Waals surface area contributed by atoms with Gasteiger partial charge in [-0.05, 0) is 65.7 Å². The predicted octanol–water partition coefficient (Wildman–Crippen LogP) is 6.01. The number of pyridine rings is 1. The number of hydrogen-bond donors (Lipinski definition) is 3. The van der Waals surface area contributed by atoms with Gasteiger partial charge in [0.25, 0.3) is 11.5 Å². The number of carboxylic acid groups (broad SMARTS) is 1. The summed E-state index contributed by atoms with van der Waals surface area (Å²) < 4.78 is 39.7. The van der Waals surface area contributed by atoms with Crippen LogP contribution >= 0.6 is 11.6 Å². The Bertz CT molecular complexity index is 1570. The maximum Gasteiger partial charge on any atom is 0.416 e. The van der Waals surface area contributed by atoms with Gasteiger partial charge in [0.1, 0.15) is 17.5 Å². The second kappa shape index (κ2) is 11.0. The number of aliphatic carboxylic acids is 1. The van der Waals surface area contributed by atoms with Crippen LogP contribution in [0.15, 0.2) is 89.9 Å². The number of benzene rings is 3. The number of aromatic hydroxyl groups is 1. The molecule has 1 aromatic heterocycles. The van der Waals surface area contributed by atoms with E-state index in [4.69, 9.17) is 11.6 Å². The van der Waals surface area contributed by atoms with Gasteiger partial charge in [-0.2, -0.15) is 13.2 Å². The lowest BCUT2D eigenvalue weighted by Gasteiger charge is -2.19. The molecule has 1 amide bonds. The fourth-order valence-corrected chi connectivity index (χ4v) is 4.01. The van der Waals surface area contributed by atoms with Gasteiger partial charge in [0.05, 0.1) is 5.56 Å². The minimum atomic E-state index is -4.59. The van der Waals surface area contributed by atoms with E-state index in [0.717, 1.165) is 28.8 Å². The van der Waals surface area contributed by atoms with Crippen LogP contribution in [-0.4, -0.2) is 26.7 Å². The third-order valence-electron chi connectivity index (χ3n) is 5.93. The van der Waals surface area contributed by atoms with Crippen molar-refractivity contribution in [2.75, 3.05) is 5.32 Å². The molecule has 0 aliphatic rings. The number of carbonyl (C=O) groups is 2. The fraction of sp³-hybridized carbons (Fsp3) is 0.107. The Morgan fingerprint density at radius 1 is 0.923 bits per heavy atom. The van der Waals surface area contributed by atoms with E-state index in [1.807, 2.05) is 0 Å². The minimum absolute atomic E-state index is 0.0194. The molecule has 0 fully saturated rings. The number of phenols is 1. The van der Waals surface area contributed by atoms with E-state index in [1.165, 1.54) is 36.5 Å². The summed E-state index contributed by atoms with van der Waals surface area (Å²) in [6.07, 6.45) is -3.34. The number of alkyl halides is 3. The van der Waals surface area contributed by atoms with Gasteiger partial charge in [0, 0.05) is 28.8 Å². The predicted molar refractivity (Wildman–Crippen MR) is 139 cm³/mol. The molecule has 0 saturated heterocycles. The Kier molecular flexibility index (Phi) is 7.78. The molecule has 1 atom stereocenters. The molecular formula is C28H20ClF3N2O5. The first-order chi connectivity index (χ1) is 18.4. The highest BCUT2D eigenvalue weighted by molar-refractivity contribution is 6.30. The molecule has 11 heteroatoms. The van der Waals surface area contributed by atoms with Gasteiger partial charge < -0.3 is 15.5 Å². The maximum atomic E-state index is 13.4. The summed E-state index contributed by atoms with van der Waals surface area (Å²) in [6, 6.07) is 15.7.